The van der Waals surface area contributed by atoms with E-state index in [2.05, 4.69) is 0 Å². The molecule has 0 fully saturated rings. The van der Waals surface area contributed by atoms with Crippen LogP contribution in [0.25, 0.3) is 16.9 Å². The second kappa shape index (κ2) is 9.53. The van der Waals surface area contributed by atoms with E-state index in [0.29, 0.717) is 27.5 Å². The number of nitrogens with zero attached hydrogens (tertiary/aromatic N) is 2. The zero-order chi connectivity index (χ0) is 24.4. The topological polar surface area (TPSA) is 52.0 Å². The molecule has 1 aromatic heterocycles. The third-order valence-corrected chi connectivity index (χ3v) is 6.05. The molecule has 0 saturated carbocycles. The van der Waals surface area contributed by atoms with E-state index in [-0.39, 0.29) is 22.8 Å². The molecule has 0 unspecified atom stereocenters. The van der Waals surface area contributed by atoms with E-state index in [4.69, 9.17) is 16.7 Å². The van der Waals surface area contributed by atoms with Gasteiger partial charge < -0.3 is 0 Å². The summed E-state index contributed by atoms with van der Waals surface area (Å²) >= 11 is 6.07. The molecule has 35 heavy (non-hydrogen) atoms. The number of hydrogen-bond acceptors (Lipinski definition) is 3. The van der Waals surface area contributed by atoms with Crippen molar-refractivity contribution in [1.29, 1.82) is 0 Å². The van der Waals surface area contributed by atoms with Gasteiger partial charge in [-0.1, -0.05) is 90.0 Å². The fourth-order valence-electron chi connectivity index (χ4n) is 3.98. The Morgan fingerprint density at radius 3 is 1.86 bits per heavy atom. The first-order valence-electron chi connectivity index (χ1n) is 11.2. The lowest BCUT2D eigenvalue weighted by Gasteiger charge is -2.10. The molecule has 0 saturated heterocycles. The second-order valence-corrected chi connectivity index (χ2v) is 8.65. The standard InChI is InChI=1S/C30H21ClN2O2/c1-20-12-14-22(15-13-20)29(34)26-27(21-8-4-2-5-9-21)32-33(25-10-6-3-7-11-25)28(26)30(35)23-16-18-24(31)19-17-23/h2-19H,1H3. The van der Waals surface area contributed by atoms with Gasteiger partial charge in [-0.05, 0) is 43.3 Å². The summed E-state index contributed by atoms with van der Waals surface area (Å²) in [5.74, 6) is -0.570. The molecule has 0 aliphatic carbocycles. The first-order chi connectivity index (χ1) is 17.0. The molecule has 5 rings (SSSR count). The Kier molecular flexibility index (Phi) is 6.13. The van der Waals surface area contributed by atoms with Gasteiger partial charge in [0.05, 0.1) is 11.3 Å². The summed E-state index contributed by atoms with van der Waals surface area (Å²) in [4.78, 5) is 27.9. The van der Waals surface area contributed by atoms with Crippen LogP contribution < -0.4 is 0 Å². The maximum atomic E-state index is 14.0. The number of rotatable bonds is 6. The highest BCUT2D eigenvalue weighted by atomic mass is 35.5. The SMILES string of the molecule is Cc1ccc(C(=O)c2c(-c3ccccc3)nn(-c3ccccc3)c2C(=O)c2ccc(Cl)cc2)cc1. The van der Waals surface area contributed by atoms with Gasteiger partial charge in [-0.15, -0.1) is 0 Å². The molecular formula is C30H21ClN2O2. The fraction of sp³-hybridized carbons (Fsp3) is 0.0333. The molecule has 5 aromatic rings. The van der Waals surface area contributed by atoms with Crippen molar-refractivity contribution in [3.05, 3.63) is 142 Å². The molecular weight excluding hydrogens is 456 g/mol. The van der Waals surface area contributed by atoms with E-state index in [9.17, 15) is 9.59 Å². The van der Waals surface area contributed by atoms with Crippen LogP contribution in [0.3, 0.4) is 0 Å². The van der Waals surface area contributed by atoms with Crippen LogP contribution >= 0.6 is 11.6 Å². The van der Waals surface area contributed by atoms with Crippen molar-refractivity contribution < 1.29 is 9.59 Å². The van der Waals surface area contributed by atoms with Gasteiger partial charge in [-0.3, -0.25) is 9.59 Å². The lowest BCUT2D eigenvalue weighted by atomic mass is 9.94. The van der Waals surface area contributed by atoms with Crippen LogP contribution in [0.1, 0.15) is 37.5 Å². The maximum absolute atomic E-state index is 14.0. The monoisotopic (exact) mass is 476 g/mol. The average Bonchev–Trinajstić information content (AvgIpc) is 3.30. The molecule has 5 heteroatoms. The number of aryl methyl sites for hydroxylation is 1. The first kappa shape index (κ1) is 22.5. The van der Waals surface area contributed by atoms with Gasteiger partial charge in [-0.25, -0.2) is 4.68 Å². The van der Waals surface area contributed by atoms with Gasteiger partial charge >= 0.3 is 0 Å². The maximum Gasteiger partial charge on any atom is 0.212 e. The summed E-state index contributed by atoms with van der Waals surface area (Å²) in [6.45, 7) is 1.96. The Morgan fingerprint density at radius 1 is 0.686 bits per heavy atom. The molecule has 4 aromatic carbocycles. The van der Waals surface area contributed by atoms with Crippen LogP contribution in [-0.4, -0.2) is 21.3 Å². The summed E-state index contributed by atoms with van der Waals surface area (Å²) in [5.41, 5.74) is 4.33. The predicted molar refractivity (Wildman–Crippen MR) is 138 cm³/mol. The Bertz CT molecular complexity index is 1390. The average molecular weight is 477 g/mol. The number of ketones is 2. The number of halogens is 1. The second-order valence-electron chi connectivity index (χ2n) is 8.22. The molecule has 0 aliphatic heterocycles. The number of hydrogen-bond donors (Lipinski definition) is 0. The third-order valence-electron chi connectivity index (χ3n) is 5.80. The summed E-state index contributed by atoms with van der Waals surface area (Å²) in [7, 11) is 0. The van der Waals surface area contributed by atoms with E-state index in [1.165, 1.54) is 0 Å². The van der Waals surface area contributed by atoms with Crippen molar-refractivity contribution in [3.8, 4) is 16.9 Å². The summed E-state index contributed by atoms with van der Waals surface area (Å²) in [6.07, 6.45) is 0. The molecule has 0 radical (unpaired) electrons. The molecule has 0 atom stereocenters. The Morgan fingerprint density at radius 2 is 1.23 bits per heavy atom. The summed E-state index contributed by atoms with van der Waals surface area (Å²) < 4.78 is 1.57. The van der Waals surface area contributed by atoms with E-state index in [1.807, 2.05) is 79.7 Å². The lowest BCUT2D eigenvalue weighted by Crippen LogP contribution is -2.15. The Labute approximate surface area is 208 Å². The van der Waals surface area contributed by atoms with Crippen LogP contribution in [0.4, 0.5) is 0 Å². The van der Waals surface area contributed by atoms with Gasteiger partial charge in [-0.2, -0.15) is 5.10 Å². The number of carbonyl (C=O) groups excluding carboxylic acids is 2. The van der Waals surface area contributed by atoms with Crippen LogP contribution in [0.5, 0.6) is 0 Å². The Hall–Kier alpha value is -4.28. The molecule has 0 aliphatic rings. The Balaban J connectivity index is 1.82. The van der Waals surface area contributed by atoms with E-state index in [0.717, 1.165) is 11.1 Å². The van der Waals surface area contributed by atoms with Crippen LogP contribution in [0, 0.1) is 6.92 Å². The van der Waals surface area contributed by atoms with Crippen LogP contribution in [-0.2, 0) is 0 Å². The van der Waals surface area contributed by atoms with E-state index < -0.39 is 0 Å². The number of para-hydroxylation sites is 1. The number of benzene rings is 4. The minimum absolute atomic E-state index is 0.211. The molecule has 1 heterocycles. The van der Waals surface area contributed by atoms with Gasteiger partial charge in [0.15, 0.2) is 5.78 Å². The normalized spacial score (nSPS) is 10.8. The van der Waals surface area contributed by atoms with Gasteiger partial charge in [0.2, 0.25) is 5.78 Å². The molecule has 0 N–H and O–H groups in total. The minimum Gasteiger partial charge on any atom is -0.288 e. The van der Waals surface area contributed by atoms with Gasteiger partial charge in [0.1, 0.15) is 11.4 Å². The highest BCUT2D eigenvalue weighted by Gasteiger charge is 2.31. The van der Waals surface area contributed by atoms with Crippen molar-refractivity contribution in [3.63, 3.8) is 0 Å². The molecule has 170 valence electrons. The van der Waals surface area contributed by atoms with Crippen molar-refractivity contribution in [1.82, 2.24) is 9.78 Å². The molecule has 0 spiro atoms. The first-order valence-corrected chi connectivity index (χ1v) is 11.6. The van der Waals surface area contributed by atoms with Gasteiger partial charge in [0.25, 0.3) is 0 Å². The van der Waals surface area contributed by atoms with Gasteiger partial charge in [0, 0.05) is 21.7 Å². The largest absolute Gasteiger partial charge is 0.288 e. The van der Waals surface area contributed by atoms with Crippen LogP contribution in [0.2, 0.25) is 5.02 Å². The minimum atomic E-state index is -0.310. The number of carbonyl (C=O) groups is 2. The zero-order valence-electron chi connectivity index (χ0n) is 19.0. The smallest absolute Gasteiger partial charge is 0.212 e. The van der Waals surface area contributed by atoms with Crippen molar-refractivity contribution >= 4 is 23.2 Å². The van der Waals surface area contributed by atoms with Crippen molar-refractivity contribution in [2.45, 2.75) is 6.92 Å². The van der Waals surface area contributed by atoms with E-state index >= 15 is 0 Å². The summed E-state index contributed by atoms with van der Waals surface area (Å²) in [6, 6.07) is 32.8. The third kappa shape index (κ3) is 4.44. The number of aromatic nitrogens is 2. The fourth-order valence-corrected chi connectivity index (χ4v) is 4.11. The van der Waals surface area contributed by atoms with E-state index in [1.54, 1.807) is 41.1 Å². The van der Waals surface area contributed by atoms with Crippen molar-refractivity contribution in [2.75, 3.05) is 0 Å². The van der Waals surface area contributed by atoms with Crippen molar-refractivity contribution in [2.24, 2.45) is 0 Å². The quantitative estimate of drug-likeness (QED) is 0.249. The molecule has 4 nitrogen and oxygen atoms in total. The molecule has 0 amide bonds. The molecule has 0 bridgehead atoms. The zero-order valence-corrected chi connectivity index (χ0v) is 19.7. The highest BCUT2D eigenvalue weighted by molar-refractivity contribution is 6.30. The van der Waals surface area contributed by atoms with Crippen LogP contribution in [0.15, 0.2) is 109 Å². The highest BCUT2D eigenvalue weighted by Crippen LogP contribution is 2.31. The predicted octanol–water partition coefficient (Wildman–Crippen LogP) is 6.96. The summed E-state index contributed by atoms with van der Waals surface area (Å²) in [5, 5.41) is 5.35. The lowest BCUT2D eigenvalue weighted by molar-refractivity contribution is 0.0999.